The van der Waals surface area contributed by atoms with Crippen LogP contribution in [0.1, 0.15) is 23.5 Å². The van der Waals surface area contributed by atoms with Crippen molar-refractivity contribution in [1.29, 1.82) is 0 Å². The van der Waals surface area contributed by atoms with E-state index in [0.29, 0.717) is 19.7 Å². The van der Waals surface area contributed by atoms with Crippen LogP contribution in [0.25, 0.3) is 6.08 Å². The summed E-state index contributed by atoms with van der Waals surface area (Å²) < 4.78 is 5.82. The van der Waals surface area contributed by atoms with Gasteiger partial charge in [0.2, 0.25) is 5.91 Å². The van der Waals surface area contributed by atoms with Crippen molar-refractivity contribution in [3.05, 3.63) is 63.9 Å². The first-order valence-electron chi connectivity index (χ1n) is 7.41. The molecular formula is C18H19NO2S. The number of ether oxygens (including phenoxy) is 1. The number of morpholine rings is 1. The summed E-state index contributed by atoms with van der Waals surface area (Å²) >= 11 is 1.64. The van der Waals surface area contributed by atoms with Crippen molar-refractivity contribution in [1.82, 2.24) is 4.90 Å². The molecule has 1 saturated heterocycles. The lowest BCUT2D eigenvalue weighted by Gasteiger charge is -2.33. The van der Waals surface area contributed by atoms with Crippen molar-refractivity contribution in [3.8, 4) is 0 Å². The lowest BCUT2D eigenvalue weighted by atomic mass is 10.1. The van der Waals surface area contributed by atoms with Crippen LogP contribution in [-0.4, -0.2) is 30.5 Å². The number of carbonyl (C=O) groups is 1. The first-order chi connectivity index (χ1) is 10.7. The Morgan fingerprint density at radius 1 is 1.27 bits per heavy atom. The lowest BCUT2D eigenvalue weighted by molar-refractivity contribution is -0.134. The summed E-state index contributed by atoms with van der Waals surface area (Å²) in [5.41, 5.74) is 1.90. The summed E-state index contributed by atoms with van der Waals surface area (Å²) in [7, 11) is 0. The highest BCUT2D eigenvalue weighted by molar-refractivity contribution is 7.10. The van der Waals surface area contributed by atoms with Crippen LogP contribution in [0.3, 0.4) is 0 Å². The van der Waals surface area contributed by atoms with Crippen LogP contribution in [0.2, 0.25) is 0 Å². The average molecular weight is 313 g/mol. The van der Waals surface area contributed by atoms with Crippen LogP contribution in [-0.2, 0) is 9.53 Å². The van der Waals surface area contributed by atoms with E-state index in [4.69, 9.17) is 4.74 Å². The largest absolute Gasteiger partial charge is 0.370 e. The van der Waals surface area contributed by atoms with Gasteiger partial charge < -0.3 is 9.64 Å². The Bertz CT molecular complexity index is 649. The second kappa shape index (κ2) is 6.90. The quantitative estimate of drug-likeness (QED) is 0.808. The second-order valence-corrected chi connectivity index (χ2v) is 6.34. The molecule has 1 aromatic carbocycles. The second-order valence-electron chi connectivity index (χ2n) is 5.36. The van der Waals surface area contributed by atoms with Gasteiger partial charge in [-0.2, -0.15) is 0 Å². The van der Waals surface area contributed by atoms with Gasteiger partial charge in [-0.25, -0.2) is 0 Å². The zero-order valence-corrected chi connectivity index (χ0v) is 13.4. The van der Waals surface area contributed by atoms with Gasteiger partial charge >= 0.3 is 0 Å². The van der Waals surface area contributed by atoms with Crippen LogP contribution < -0.4 is 0 Å². The fourth-order valence-electron chi connectivity index (χ4n) is 2.60. The number of thiophene rings is 1. The number of nitrogens with zero attached hydrogens (tertiary/aromatic N) is 1. The maximum absolute atomic E-state index is 12.6. The maximum atomic E-state index is 12.6. The number of rotatable bonds is 3. The molecule has 0 aliphatic carbocycles. The van der Waals surface area contributed by atoms with Crippen LogP contribution in [0.15, 0.2) is 53.4 Å². The van der Waals surface area contributed by atoms with Gasteiger partial charge in [0, 0.05) is 17.0 Å². The van der Waals surface area contributed by atoms with Crippen molar-refractivity contribution in [2.45, 2.75) is 13.0 Å². The van der Waals surface area contributed by atoms with Crippen LogP contribution in [0.4, 0.5) is 0 Å². The number of amides is 1. The maximum Gasteiger partial charge on any atom is 0.249 e. The summed E-state index contributed by atoms with van der Waals surface area (Å²) in [5, 5.41) is 2.02. The Morgan fingerprint density at radius 2 is 2.09 bits per heavy atom. The molecule has 1 atom stereocenters. The molecule has 1 aromatic heterocycles. The minimum absolute atomic E-state index is 0.0339. The predicted octanol–water partition coefficient (Wildman–Crippen LogP) is 3.75. The van der Waals surface area contributed by atoms with E-state index >= 15 is 0 Å². The van der Waals surface area contributed by atoms with E-state index in [1.165, 1.54) is 0 Å². The fraction of sp³-hybridized carbons (Fsp3) is 0.278. The summed E-state index contributed by atoms with van der Waals surface area (Å²) in [5.74, 6) is 0.0950. The highest BCUT2D eigenvalue weighted by Crippen LogP contribution is 2.23. The summed E-state index contributed by atoms with van der Waals surface area (Å²) in [6.07, 6.45) is 1.92. The molecule has 3 rings (SSSR count). The monoisotopic (exact) mass is 313 g/mol. The van der Waals surface area contributed by atoms with Gasteiger partial charge in [-0.1, -0.05) is 36.4 Å². The van der Waals surface area contributed by atoms with Crippen molar-refractivity contribution in [2.24, 2.45) is 0 Å². The van der Waals surface area contributed by atoms with E-state index in [0.717, 1.165) is 16.0 Å². The van der Waals surface area contributed by atoms with Gasteiger partial charge in [-0.15, -0.1) is 11.3 Å². The van der Waals surface area contributed by atoms with E-state index in [1.807, 2.05) is 65.7 Å². The minimum atomic E-state index is -0.0339. The summed E-state index contributed by atoms with van der Waals surface area (Å²) in [6.45, 7) is 3.73. The number of carbonyl (C=O) groups excluding carboxylic acids is 1. The molecule has 1 unspecified atom stereocenters. The molecule has 0 bridgehead atoms. The zero-order valence-electron chi connectivity index (χ0n) is 12.6. The van der Waals surface area contributed by atoms with Crippen molar-refractivity contribution < 1.29 is 9.53 Å². The smallest absolute Gasteiger partial charge is 0.249 e. The first-order valence-corrected chi connectivity index (χ1v) is 8.29. The van der Waals surface area contributed by atoms with Crippen molar-refractivity contribution in [3.63, 3.8) is 0 Å². The minimum Gasteiger partial charge on any atom is -0.370 e. The molecule has 3 nitrogen and oxygen atoms in total. The normalized spacial score (nSPS) is 19.2. The van der Waals surface area contributed by atoms with Gasteiger partial charge in [0.15, 0.2) is 0 Å². The Labute approximate surface area is 134 Å². The molecule has 0 spiro atoms. The standard InChI is InChI=1S/C18H19NO2S/c1-14(12-16-8-5-11-22-16)18(20)19-9-10-21-17(13-19)15-6-3-2-4-7-15/h2-8,11-12,17H,9-10,13H2,1H3/b14-12+. The predicted molar refractivity (Wildman–Crippen MR) is 89.7 cm³/mol. The van der Waals surface area contributed by atoms with Crippen LogP contribution >= 0.6 is 11.3 Å². The van der Waals surface area contributed by atoms with Gasteiger partial charge in [-0.3, -0.25) is 4.79 Å². The zero-order chi connectivity index (χ0) is 15.4. The van der Waals surface area contributed by atoms with E-state index in [9.17, 15) is 4.79 Å². The SMILES string of the molecule is C/C(=C\c1cccs1)C(=O)N1CCOC(c2ccccc2)C1. The van der Waals surface area contributed by atoms with E-state index in [1.54, 1.807) is 11.3 Å². The summed E-state index contributed by atoms with van der Waals surface area (Å²) in [4.78, 5) is 15.6. The molecule has 2 heterocycles. The molecule has 1 amide bonds. The van der Waals surface area contributed by atoms with E-state index in [2.05, 4.69) is 0 Å². The first kappa shape index (κ1) is 15.0. The van der Waals surface area contributed by atoms with Crippen LogP contribution in [0, 0.1) is 0 Å². The average Bonchev–Trinajstić information content (AvgIpc) is 3.08. The van der Waals surface area contributed by atoms with Crippen LogP contribution in [0.5, 0.6) is 0 Å². The van der Waals surface area contributed by atoms with Gasteiger partial charge in [0.1, 0.15) is 6.10 Å². The fourth-order valence-corrected chi connectivity index (χ4v) is 3.32. The van der Waals surface area contributed by atoms with Gasteiger partial charge in [0.25, 0.3) is 0 Å². The molecule has 0 radical (unpaired) electrons. The molecule has 22 heavy (non-hydrogen) atoms. The molecule has 0 N–H and O–H groups in total. The highest BCUT2D eigenvalue weighted by Gasteiger charge is 2.25. The lowest BCUT2D eigenvalue weighted by Crippen LogP contribution is -2.42. The highest BCUT2D eigenvalue weighted by atomic mass is 32.1. The molecule has 1 aliphatic heterocycles. The molecular weight excluding hydrogens is 294 g/mol. The van der Waals surface area contributed by atoms with Crippen molar-refractivity contribution >= 4 is 23.3 Å². The molecule has 1 aliphatic rings. The third kappa shape index (κ3) is 3.46. The molecule has 114 valence electrons. The Hall–Kier alpha value is -1.91. The number of hydrogen-bond acceptors (Lipinski definition) is 3. The van der Waals surface area contributed by atoms with E-state index < -0.39 is 0 Å². The Morgan fingerprint density at radius 3 is 2.82 bits per heavy atom. The third-order valence-electron chi connectivity index (χ3n) is 3.76. The molecule has 2 aromatic rings. The Kier molecular flexibility index (Phi) is 4.71. The van der Waals surface area contributed by atoms with Crippen molar-refractivity contribution in [2.75, 3.05) is 19.7 Å². The van der Waals surface area contributed by atoms with Gasteiger partial charge in [-0.05, 0) is 30.0 Å². The molecule has 4 heteroatoms. The topological polar surface area (TPSA) is 29.5 Å². The third-order valence-corrected chi connectivity index (χ3v) is 4.58. The van der Waals surface area contributed by atoms with E-state index in [-0.39, 0.29) is 12.0 Å². The molecule has 0 saturated carbocycles. The molecule has 1 fully saturated rings. The Balaban J connectivity index is 1.70. The summed E-state index contributed by atoms with van der Waals surface area (Å²) in [6, 6.07) is 14.1. The van der Waals surface area contributed by atoms with Gasteiger partial charge in [0.05, 0.1) is 13.2 Å². The number of benzene rings is 1. The number of hydrogen-bond donors (Lipinski definition) is 0.